The fourth-order valence-corrected chi connectivity index (χ4v) is 13.8. The van der Waals surface area contributed by atoms with Crippen molar-refractivity contribution in [3.63, 3.8) is 0 Å². The highest BCUT2D eigenvalue weighted by Gasteiger charge is 2.41. The number of amides is 2. The van der Waals surface area contributed by atoms with E-state index >= 15 is 0 Å². The summed E-state index contributed by atoms with van der Waals surface area (Å²) >= 11 is 3.64. The van der Waals surface area contributed by atoms with Gasteiger partial charge in [0.15, 0.2) is 11.6 Å². The van der Waals surface area contributed by atoms with Gasteiger partial charge in [-0.25, -0.2) is 0 Å². The largest absolute Gasteiger partial charge is 0.378 e. The number of hydrogen-bond donors (Lipinski definition) is 2. The number of nitrogens with zero attached hydrogens (tertiary/aromatic N) is 8. The van der Waals surface area contributed by atoms with Gasteiger partial charge in [-0.05, 0) is 86.8 Å². The molecule has 0 spiro atoms. The van der Waals surface area contributed by atoms with Gasteiger partial charge in [0, 0.05) is 58.9 Å². The van der Waals surface area contributed by atoms with Gasteiger partial charge in [-0.15, -0.1) is 43.1 Å². The average molecular weight is 899 g/mol. The monoisotopic (exact) mass is 898 g/mol. The topological polar surface area (TPSA) is 145 Å². The van der Waals surface area contributed by atoms with Crippen LogP contribution in [0, 0.1) is 39.5 Å². The Hall–Kier alpha value is -5.10. The number of nitrogens with one attached hydrogen (secondary N) is 2. The molecule has 16 heteroatoms. The highest BCUT2D eigenvalue weighted by Crippen LogP contribution is 2.48. The summed E-state index contributed by atoms with van der Waals surface area (Å²) in [7, 11) is 0. The first-order valence-electron chi connectivity index (χ1n) is 22.7. The summed E-state index contributed by atoms with van der Waals surface area (Å²) in [6.45, 7) is 15.1. The third kappa shape index (κ3) is 7.22. The number of ether oxygens (including phenoxy) is 2. The molecule has 2 N–H and O–H groups in total. The number of rotatable bonds is 4. The van der Waals surface area contributed by atoms with E-state index in [9.17, 15) is 9.59 Å². The minimum Gasteiger partial charge on any atom is -0.378 e. The molecule has 2 aromatic carbocycles. The molecule has 64 heavy (non-hydrogen) atoms. The molecule has 332 valence electrons. The predicted molar refractivity (Wildman–Crippen MR) is 244 cm³/mol. The molecule has 6 aromatic rings. The van der Waals surface area contributed by atoms with Crippen molar-refractivity contribution in [1.82, 2.24) is 50.0 Å². The summed E-state index contributed by atoms with van der Waals surface area (Å²) in [6.07, 6.45) is 3.25. The van der Waals surface area contributed by atoms with Crippen LogP contribution in [0.5, 0.6) is 0 Å². The van der Waals surface area contributed by atoms with Gasteiger partial charge in [0.05, 0.1) is 51.6 Å². The Morgan fingerprint density at radius 2 is 0.984 bits per heavy atom. The lowest BCUT2D eigenvalue weighted by atomic mass is 9.92. The molecule has 2 fully saturated rings. The second kappa shape index (κ2) is 17.0. The van der Waals surface area contributed by atoms with Crippen molar-refractivity contribution in [2.45, 2.75) is 78.6 Å². The van der Waals surface area contributed by atoms with Crippen LogP contribution >= 0.6 is 22.7 Å². The third-order valence-electron chi connectivity index (χ3n) is 14.0. The lowest BCUT2D eigenvalue weighted by Gasteiger charge is -2.29. The van der Waals surface area contributed by atoms with E-state index in [1.807, 2.05) is 46.3 Å². The normalized spacial score (nSPS) is 22.2. The van der Waals surface area contributed by atoms with Crippen molar-refractivity contribution in [2.75, 3.05) is 52.6 Å². The molecule has 0 saturated carbocycles. The first-order chi connectivity index (χ1) is 31.2. The predicted octanol–water partition coefficient (Wildman–Crippen LogP) is 5.42. The van der Waals surface area contributed by atoms with E-state index in [-0.39, 0.29) is 35.7 Å². The molecule has 12 rings (SSSR count). The van der Waals surface area contributed by atoms with Gasteiger partial charge < -0.3 is 19.3 Å². The molecule has 2 aliphatic carbocycles. The Morgan fingerprint density at radius 1 is 0.578 bits per heavy atom. The number of carbonyl (C=O) groups excluding carboxylic acids is 2. The number of thiophene rings is 2. The smallest absolute Gasteiger partial charge is 0.226 e. The summed E-state index contributed by atoms with van der Waals surface area (Å²) in [4.78, 5) is 33.2. The number of hydrogen-bond acceptors (Lipinski definition) is 12. The Labute approximate surface area is 381 Å². The van der Waals surface area contributed by atoms with Gasteiger partial charge >= 0.3 is 0 Å². The van der Waals surface area contributed by atoms with Crippen LogP contribution < -0.4 is 10.6 Å². The zero-order valence-corrected chi connectivity index (χ0v) is 38.5. The zero-order chi connectivity index (χ0) is 43.6. The summed E-state index contributed by atoms with van der Waals surface area (Å²) in [5.74, 6) is 4.33. The third-order valence-corrected chi connectivity index (χ3v) is 16.5. The maximum Gasteiger partial charge on any atom is 0.226 e. The van der Waals surface area contributed by atoms with Crippen molar-refractivity contribution < 1.29 is 19.1 Å². The summed E-state index contributed by atoms with van der Waals surface area (Å²) in [6, 6.07) is 17.3. The van der Waals surface area contributed by atoms with E-state index in [0.717, 1.165) is 49.0 Å². The Kier molecular flexibility index (Phi) is 11.1. The highest BCUT2D eigenvalue weighted by atomic mass is 32.1. The minimum absolute atomic E-state index is 0.0295. The molecule has 2 amide bonds. The first kappa shape index (κ1) is 41.6. The van der Waals surface area contributed by atoms with Crippen LogP contribution in [0.25, 0.3) is 10.0 Å². The lowest BCUT2D eigenvalue weighted by Crippen LogP contribution is -2.44. The molecule has 0 unspecified atom stereocenters. The van der Waals surface area contributed by atoms with Gasteiger partial charge in [-0.1, -0.05) is 48.5 Å². The Balaban J connectivity index is 0.000000143. The van der Waals surface area contributed by atoms with E-state index in [0.29, 0.717) is 65.7 Å². The molecular weight excluding hydrogens is 845 g/mol. The van der Waals surface area contributed by atoms with Crippen LogP contribution in [0.3, 0.4) is 0 Å². The van der Waals surface area contributed by atoms with Crippen LogP contribution in [-0.2, 0) is 57.8 Å². The van der Waals surface area contributed by atoms with Crippen molar-refractivity contribution in [2.24, 2.45) is 11.8 Å². The molecule has 0 bridgehead atoms. The SMILES string of the molecule is Cc1ccccc1[C@@H]1NCc2nnc(C)n2-c2sc3c(c21)C[C@H](C(=O)N1CCOCC1)C3.Cc1ccccc1[C@H]1NCc2nnc(C)n2-c2sc3c(c21)C[C@H](C(=O)N1CCOCC1)C3. The first-order valence-corrected chi connectivity index (χ1v) is 24.3. The summed E-state index contributed by atoms with van der Waals surface area (Å²) < 4.78 is 15.3. The second-order valence-electron chi connectivity index (χ2n) is 17.9. The second-order valence-corrected chi connectivity index (χ2v) is 20.0. The van der Waals surface area contributed by atoms with Crippen LogP contribution in [0.1, 0.15) is 89.6 Å². The number of carbonyl (C=O) groups is 2. The van der Waals surface area contributed by atoms with Gasteiger partial charge in [-0.3, -0.25) is 29.4 Å². The summed E-state index contributed by atoms with van der Waals surface area (Å²) in [5, 5.41) is 27.5. The van der Waals surface area contributed by atoms with E-state index < -0.39 is 0 Å². The molecule has 14 nitrogen and oxygen atoms in total. The van der Waals surface area contributed by atoms with E-state index in [1.165, 1.54) is 64.3 Å². The maximum atomic E-state index is 13.3. The standard InChI is InChI=1S/2C24H27N5O2S/c2*1-14-5-3-4-6-17(14)22-21-18-11-16(23(30)28-7-9-31-10-8-28)12-19(18)32-24(21)29-15(2)26-27-20(29)13-25-22/h2*3-6,16,22,25H,7-13H2,1-2H3/t16-,22+;16-,22-/m00/s1. The van der Waals surface area contributed by atoms with Crippen LogP contribution in [0.4, 0.5) is 0 Å². The summed E-state index contributed by atoms with van der Waals surface area (Å²) in [5.41, 5.74) is 10.4. The number of aromatic nitrogens is 6. The molecule has 2 saturated heterocycles. The van der Waals surface area contributed by atoms with Crippen molar-refractivity contribution in [3.8, 4) is 10.0 Å². The molecule has 6 aliphatic rings. The molecular formula is C48H54N10O4S2. The van der Waals surface area contributed by atoms with E-state index in [4.69, 9.17) is 9.47 Å². The van der Waals surface area contributed by atoms with Gasteiger partial charge in [0.1, 0.15) is 21.7 Å². The fourth-order valence-electron chi connectivity index (χ4n) is 10.8. The zero-order valence-electron chi connectivity index (χ0n) is 36.9. The minimum atomic E-state index is 0.0295. The van der Waals surface area contributed by atoms with E-state index in [1.54, 1.807) is 0 Å². The number of fused-ring (bicyclic) bond motifs is 10. The average Bonchev–Trinajstić information content (AvgIpc) is 4.16. The van der Waals surface area contributed by atoms with Crippen LogP contribution in [0.15, 0.2) is 48.5 Å². The van der Waals surface area contributed by atoms with Gasteiger partial charge in [0.25, 0.3) is 0 Å². The van der Waals surface area contributed by atoms with Crippen molar-refractivity contribution in [1.29, 1.82) is 0 Å². The van der Waals surface area contributed by atoms with Crippen molar-refractivity contribution >= 4 is 34.5 Å². The van der Waals surface area contributed by atoms with Gasteiger partial charge in [-0.2, -0.15) is 0 Å². The Morgan fingerprint density at radius 3 is 1.39 bits per heavy atom. The lowest BCUT2D eigenvalue weighted by molar-refractivity contribution is -0.140. The number of morpholine rings is 2. The van der Waals surface area contributed by atoms with Crippen LogP contribution in [-0.4, -0.2) is 104 Å². The quantitative estimate of drug-likeness (QED) is 0.236. The molecule has 4 aliphatic heterocycles. The van der Waals surface area contributed by atoms with E-state index in [2.05, 4.69) is 103 Å². The number of aryl methyl sites for hydroxylation is 4. The fraction of sp³-hybridized carbons (Fsp3) is 0.458. The molecule has 8 heterocycles. The van der Waals surface area contributed by atoms with Gasteiger partial charge in [0.2, 0.25) is 11.8 Å². The van der Waals surface area contributed by atoms with Crippen molar-refractivity contribution in [3.05, 3.63) is 126 Å². The highest BCUT2D eigenvalue weighted by molar-refractivity contribution is 7.15. The molecule has 4 atom stereocenters. The molecule has 4 aromatic heterocycles. The number of benzene rings is 2. The maximum absolute atomic E-state index is 13.3. The molecule has 0 radical (unpaired) electrons. The Bertz CT molecular complexity index is 2570. The van der Waals surface area contributed by atoms with Crippen LogP contribution in [0.2, 0.25) is 0 Å².